The Bertz CT molecular complexity index is 852. The minimum absolute atomic E-state index is 0.238. The largest absolute Gasteiger partial charge is 0.508 e. The quantitative estimate of drug-likeness (QED) is 0.652. The first-order valence-electron chi connectivity index (χ1n) is 7.75. The van der Waals surface area contributed by atoms with Crippen LogP contribution >= 0.6 is 11.3 Å². The van der Waals surface area contributed by atoms with Gasteiger partial charge in [0, 0.05) is 10.4 Å². The van der Waals surface area contributed by atoms with E-state index in [1.54, 1.807) is 12.1 Å². The topological polar surface area (TPSA) is 33.1 Å². The molecular weight excluding hydrogens is 347 g/mol. The van der Waals surface area contributed by atoms with Crippen molar-refractivity contribution in [2.75, 3.05) is 0 Å². The fourth-order valence-electron chi connectivity index (χ4n) is 2.51. The lowest BCUT2D eigenvalue weighted by molar-refractivity contribution is -0.137. The van der Waals surface area contributed by atoms with E-state index in [-0.39, 0.29) is 5.75 Å². The third-order valence-electron chi connectivity index (χ3n) is 3.93. The van der Waals surface area contributed by atoms with E-state index >= 15 is 0 Å². The van der Waals surface area contributed by atoms with Crippen molar-refractivity contribution < 1.29 is 18.3 Å². The summed E-state index contributed by atoms with van der Waals surface area (Å²) in [5.41, 5.74) is 2.05. The molecule has 0 bridgehead atoms. The van der Waals surface area contributed by atoms with Crippen LogP contribution in [0.5, 0.6) is 5.75 Å². The molecule has 0 saturated heterocycles. The number of phenolic OH excluding ortho intramolecular Hbond substituents is 1. The van der Waals surface area contributed by atoms with Crippen molar-refractivity contribution in [3.63, 3.8) is 0 Å². The summed E-state index contributed by atoms with van der Waals surface area (Å²) in [6, 6.07) is 12.2. The maximum Gasteiger partial charge on any atom is 0.416 e. The molecule has 2 nitrogen and oxygen atoms in total. The summed E-state index contributed by atoms with van der Waals surface area (Å²) in [6.07, 6.45) is -2.71. The van der Waals surface area contributed by atoms with Crippen LogP contribution in [-0.2, 0) is 19.0 Å². The van der Waals surface area contributed by atoms with Crippen molar-refractivity contribution in [2.24, 2.45) is 0 Å². The summed E-state index contributed by atoms with van der Waals surface area (Å²) >= 11 is 1.51. The molecule has 2 aromatic carbocycles. The van der Waals surface area contributed by atoms with Gasteiger partial charge in [-0.2, -0.15) is 13.2 Å². The van der Waals surface area contributed by atoms with Crippen molar-refractivity contribution in [2.45, 2.75) is 25.9 Å². The van der Waals surface area contributed by atoms with Gasteiger partial charge in [0.25, 0.3) is 0 Å². The molecule has 0 atom stereocenters. The second-order valence-electron chi connectivity index (χ2n) is 5.77. The Morgan fingerprint density at radius 2 is 1.60 bits per heavy atom. The summed E-state index contributed by atoms with van der Waals surface area (Å²) in [6.45, 7) is 1.91. The number of hydrogen-bond acceptors (Lipinski definition) is 3. The Morgan fingerprint density at radius 3 is 2.20 bits per heavy atom. The molecule has 0 unspecified atom stereocenters. The van der Waals surface area contributed by atoms with E-state index in [0.29, 0.717) is 5.56 Å². The van der Waals surface area contributed by atoms with E-state index in [4.69, 9.17) is 0 Å². The van der Waals surface area contributed by atoms with Crippen LogP contribution in [0.2, 0.25) is 0 Å². The van der Waals surface area contributed by atoms with E-state index in [1.165, 1.54) is 23.5 Å². The molecule has 1 N–H and O–H groups in total. The lowest BCUT2D eigenvalue weighted by Crippen LogP contribution is -2.03. The molecule has 3 rings (SSSR count). The highest BCUT2D eigenvalue weighted by molar-refractivity contribution is 7.15. The Morgan fingerprint density at radius 1 is 0.960 bits per heavy atom. The van der Waals surface area contributed by atoms with Gasteiger partial charge in [0.15, 0.2) is 0 Å². The van der Waals surface area contributed by atoms with Gasteiger partial charge >= 0.3 is 6.18 Å². The monoisotopic (exact) mass is 363 g/mol. The van der Waals surface area contributed by atoms with E-state index < -0.39 is 11.7 Å². The molecule has 0 aliphatic rings. The number of hydrogen-bond donors (Lipinski definition) is 1. The van der Waals surface area contributed by atoms with Crippen LogP contribution in [0.1, 0.15) is 21.7 Å². The molecule has 1 aromatic heterocycles. The first-order valence-corrected chi connectivity index (χ1v) is 8.56. The van der Waals surface area contributed by atoms with Gasteiger partial charge in [0.2, 0.25) is 0 Å². The predicted molar refractivity (Wildman–Crippen MR) is 92.8 cm³/mol. The van der Waals surface area contributed by atoms with Crippen molar-refractivity contribution in [1.29, 1.82) is 0 Å². The number of benzene rings is 2. The highest BCUT2D eigenvalue weighted by atomic mass is 32.1. The van der Waals surface area contributed by atoms with Crippen molar-refractivity contribution in [1.82, 2.24) is 4.98 Å². The lowest BCUT2D eigenvalue weighted by Gasteiger charge is -2.06. The summed E-state index contributed by atoms with van der Waals surface area (Å²) in [5.74, 6) is 0.238. The molecule has 1 heterocycles. The molecular formula is C19H16F3NOS. The zero-order chi connectivity index (χ0) is 18.0. The number of alkyl halides is 3. The average molecular weight is 363 g/mol. The molecule has 6 heteroatoms. The highest BCUT2D eigenvalue weighted by Gasteiger charge is 2.30. The molecule has 0 fully saturated rings. The highest BCUT2D eigenvalue weighted by Crippen LogP contribution is 2.33. The Labute approximate surface area is 147 Å². The molecule has 0 amide bonds. The van der Waals surface area contributed by atoms with E-state index in [1.807, 2.05) is 19.1 Å². The van der Waals surface area contributed by atoms with Crippen LogP contribution in [-0.4, -0.2) is 10.1 Å². The minimum Gasteiger partial charge on any atom is -0.508 e. The molecule has 0 spiro atoms. The fraction of sp³-hybridized carbons (Fsp3) is 0.211. The number of aryl methyl sites for hydroxylation is 3. The number of halogens is 3. The number of phenols is 1. The second kappa shape index (κ2) is 6.88. The number of nitrogens with zero attached hydrogens (tertiary/aromatic N) is 1. The van der Waals surface area contributed by atoms with Crippen LogP contribution in [0, 0.1) is 6.92 Å². The van der Waals surface area contributed by atoms with Crippen LogP contribution in [0.25, 0.3) is 10.6 Å². The molecule has 0 aliphatic carbocycles. The number of aromatic hydroxyl groups is 1. The average Bonchev–Trinajstić information content (AvgIpc) is 2.95. The van der Waals surface area contributed by atoms with Gasteiger partial charge in [-0.15, -0.1) is 11.3 Å². The van der Waals surface area contributed by atoms with Gasteiger partial charge in [-0.1, -0.05) is 24.3 Å². The number of aromatic nitrogens is 1. The van der Waals surface area contributed by atoms with Gasteiger partial charge in [-0.3, -0.25) is 0 Å². The molecule has 3 aromatic rings. The summed E-state index contributed by atoms with van der Waals surface area (Å²) < 4.78 is 37.9. The molecule has 0 saturated carbocycles. The van der Waals surface area contributed by atoms with Crippen LogP contribution in [0.15, 0.2) is 48.5 Å². The second-order valence-corrected chi connectivity index (χ2v) is 6.85. The maximum atomic E-state index is 12.6. The predicted octanol–water partition coefficient (Wildman–Crippen LogP) is 5.63. The first kappa shape index (κ1) is 17.5. The normalized spacial score (nSPS) is 11.7. The number of thiazole rings is 1. The summed E-state index contributed by atoms with van der Waals surface area (Å²) in [4.78, 5) is 5.61. The SMILES string of the molecule is Cc1nc(-c2ccc(C(F)(F)F)cc2)sc1CCc1ccc(O)cc1. The lowest BCUT2D eigenvalue weighted by atomic mass is 10.1. The zero-order valence-electron chi connectivity index (χ0n) is 13.5. The summed E-state index contributed by atoms with van der Waals surface area (Å²) in [5, 5.41) is 10.0. The van der Waals surface area contributed by atoms with Gasteiger partial charge in [-0.05, 0) is 49.6 Å². The Balaban J connectivity index is 1.74. The van der Waals surface area contributed by atoms with E-state index in [0.717, 1.165) is 46.1 Å². The summed E-state index contributed by atoms with van der Waals surface area (Å²) in [7, 11) is 0. The fourth-order valence-corrected chi connectivity index (χ4v) is 3.57. The molecule has 0 radical (unpaired) electrons. The van der Waals surface area contributed by atoms with E-state index in [2.05, 4.69) is 4.98 Å². The number of rotatable bonds is 4. The zero-order valence-corrected chi connectivity index (χ0v) is 14.3. The van der Waals surface area contributed by atoms with E-state index in [9.17, 15) is 18.3 Å². The van der Waals surface area contributed by atoms with Crippen LogP contribution in [0.4, 0.5) is 13.2 Å². The van der Waals surface area contributed by atoms with Gasteiger partial charge in [0.1, 0.15) is 10.8 Å². The smallest absolute Gasteiger partial charge is 0.416 e. The van der Waals surface area contributed by atoms with Crippen LogP contribution < -0.4 is 0 Å². The molecule has 25 heavy (non-hydrogen) atoms. The molecule has 0 aliphatic heterocycles. The maximum absolute atomic E-state index is 12.6. The third-order valence-corrected chi connectivity index (χ3v) is 5.20. The Kier molecular flexibility index (Phi) is 4.81. The van der Waals surface area contributed by atoms with Gasteiger partial charge < -0.3 is 5.11 Å². The van der Waals surface area contributed by atoms with Crippen molar-refractivity contribution in [3.8, 4) is 16.3 Å². The van der Waals surface area contributed by atoms with Crippen molar-refractivity contribution in [3.05, 3.63) is 70.2 Å². The standard InChI is InChI=1S/C19H16F3NOS/c1-12-17(11-4-13-2-9-16(24)10-3-13)25-18(23-12)14-5-7-15(8-6-14)19(20,21)22/h2-3,5-10,24H,4,11H2,1H3. The van der Waals surface area contributed by atoms with Crippen LogP contribution in [0.3, 0.4) is 0 Å². The third kappa shape index (κ3) is 4.20. The first-order chi connectivity index (χ1) is 11.8. The molecule has 130 valence electrons. The van der Waals surface area contributed by atoms with Gasteiger partial charge in [-0.25, -0.2) is 4.98 Å². The Hall–Kier alpha value is -2.34. The van der Waals surface area contributed by atoms with Gasteiger partial charge in [0.05, 0.1) is 11.3 Å². The van der Waals surface area contributed by atoms with Crippen molar-refractivity contribution >= 4 is 11.3 Å². The minimum atomic E-state index is -4.33.